The van der Waals surface area contributed by atoms with Crippen molar-refractivity contribution in [3.63, 3.8) is 0 Å². The number of guanidine groups is 1. The highest BCUT2D eigenvalue weighted by Gasteiger charge is 2.30. The van der Waals surface area contributed by atoms with Crippen molar-refractivity contribution in [2.45, 2.75) is 44.7 Å². The maximum absolute atomic E-state index is 5.35. The Hall–Kier alpha value is -2.05. The molecular weight excluding hydrogens is 386 g/mol. The molecule has 2 aliphatic heterocycles. The zero-order valence-electron chi connectivity index (χ0n) is 19.6. The van der Waals surface area contributed by atoms with E-state index in [2.05, 4.69) is 65.2 Å². The number of rotatable bonds is 8. The van der Waals surface area contributed by atoms with Crippen molar-refractivity contribution in [1.82, 2.24) is 20.4 Å². The van der Waals surface area contributed by atoms with E-state index in [1.807, 2.05) is 6.08 Å². The molecule has 6 nitrogen and oxygen atoms in total. The molecule has 2 N–H and O–H groups in total. The van der Waals surface area contributed by atoms with Crippen LogP contribution in [0.15, 0.2) is 41.9 Å². The number of nitrogens with zero attached hydrogens (tertiary/aromatic N) is 3. The van der Waals surface area contributed by atoms with Crippen molar-refractivity contribution >= 4 is 5.96 Å². The van der Waals surface area contributed by atoms with Gasteiger partial charge in [0, 0.05) is 44.8 Å². The average molecular weight is 428 g/mol. The highest BCUT2D eigenvalue weighted by atomic mass is 16.5. The minimum Gasteiger partial charge on any atom is -0.497 e. The summed E-state index contributed by atoms with van der Waals surface area (Å²) in [5, 5.41) is 7.16. The van der Waals surface area contributed by atoms with Gasteiger partial charge in [-0.1, -0.05) is 18.2 Å². The van der Waals surface area contributed by atoms with Crippen LogP contribution in [-0.4, -0.2) is 75.2 Å². The number of hydrogen-bond donors (Lipinski definition) is 2. The van der Waals surface area contributed by atoms with E-state index >= 15 is 0 Å². The van der Waals surface area contributed by atoms with Crippen LogP contribution >= 0.6 is 0 Å². The van der Waals surface area contributed by atoms with Gasteiger partial charge in [0.25, 0.3) is 0 Å². The summed E-state index contributed by atoms with van der Waals surface area (Å²) in [5.41, 5.74) is 1.36. The number of ether oxygens (including phenoxy) is 1. The Morgan fingerprint density at radius 1 is 1.19 bits per heavy atom. The van der Waals surface area contributed by atoms with Gasteiger partial charge in [-0.2, -0.15) is 0 Å². The van der Waals surface area contributed by atoms with E-state index in [1.54, 1.807) is 7.11 Å². The molecule has 2 atom stereocenters. The summed E-state index contributed by atoms with van der Waals surface area (Å²) < 4.78 is 5.35. The molecule has 1 aromatic rings. The molecule has 0 bridgehead atoms. The fourth-order valence-corrected chi connectivity index (χ4v) is 4.94. The van der Waals surface area contributed by atoms with Crippen LogP contribution in [0.1, 0.15) is 44.2 Å². The summed E-state index contributed by atoms with van der Waals surface area (Å²) in [6.45, 7) is 12.1. The Bertz CT molecular complexity index is 696. The van der Waals surface area contributed by atoms with Gasteiger partial charge in [0.05, 0.1) is 7.11 Å². The van der Waals surface area contributed by atoms with Crippen LogP contribution in [0.2, 0.25) is 0 Å². The van der Waals surface area contributed by atoms with E-state index in [4.69, 9.17) is 9.73 Å². The molecule has 31 heavy (non-hydrogen) atoms. The van der Waals surface area contributed by atoms with Gasteiger partial charge >= 0.3 is 0 Å². The highest BCUT2D eigenvalue weighted by molar-refractivity contribution is 5.80. The van der Waals surface area contributed by atoms with Crippen LogP contribution in [0.3, 0.4) is 0 Å². The minimum absolute atomic E-state index is 0.397. The first-order valence-electron chi connectivity index (χ1n) is 11.9. The summed E-state index contributed by atoms with van der Waals surface area (Å²) in [6.07, 6.45) is 6.75. The molecule has 3 rings (SSSR count). The fourth-order valence-electron chi connectivity index (χ4n) is 4.94. The monoisotopic (exact) mass is 427 g/mol. The standard InChI is InChI=1S/C25H41N5O/c1-5-15-30-17-13-22(14-18-30)28-25(26-6-2)27-19-21-8-7-16-29(3)24(21)20-9-11-23(31-4)12-10-20/h5,9-12,21-22,24H,1,6-8,13-19H2,2-4H3,(H2,26,27,28). The lowest BCUT2D eigenvalue weighted by atomic mass is 9.85. The van der Waals surface area contributed by atoms with Crippen LogP contribution < -0.4 is 15.4 Å². The normalized spacial score (nSPS) is 24.0. The van der Waals surface area contributed by atoms with Crippen LogP contribution in [-0.2, 0) is 0 Å². The maximum atomic E-state index is 5.35. The minimum atomic E-state index is 0.397. The van der Waals surface area contributed by atoms with E-state index in [0.717, 1.165) is 63.8 Å². The van der Waals surface area contributed by atoms with Gasteiger partial charge in [-0.3, -0.25) is 14.8 Å². The van der Waals surface area contributed by atoms with Crippen LogP contribution in [0, 0.1) is 5.92 Å². The van der Waals surface area contributed by atoms with E-state index in [9.17, 15) is 0 Å². The molecule has 2 fully saturated rings. The number of likely N-dealkylation sites (tertiary alicyclic amines) is 2. The lowest BCUT2D eigenvalue weighted by Gasteiger charge is -2.39. The molecule has 2 unspecified atom stereocenters. The predicted octanol–water partition coefficient (Wildman–Crippen LogP) is 3.28. The molecule has 2 saturated heterocycles. The Balaban J connectivity index is 1.64. The van der Waals surface area contributed by atoms with Crippen molar-refractivity contribution < 1.29 is 4.74 Å². The van der Waals surface area contributed by atoms with Gasteiger partial charge in [-0.15, -0.1) is 6.58 Å². The van der Waals surface area contributed by atoms with Crippen LogP contribution in [0.25, 0.3) is 0 Å². The zero-order valence-corrected chi connectivity index (χ0v) is 19.6. The average Bonchev–Trinajstić information content (AvgIpc) is 2.79. The molecule has 0 amide bonds. The van der Waals surface area contributed by atoms with Crippen molar-refractivity contribution in [2.24, 2.45) is 10.9 Å². The molecule has 6 heteroatoms. The smallest absolute Gasteiger partial charge is 0.191 e. The van der Waals surface area contributed by atoms with Gasteiger partial charge < -0.3 is 15.4 Å². The first-order chi connectivity index (χ1) is 15.1. The van der Waals surface area contributed by atoms with Crippen molar-refractivity contribution in [3.8, 4) is 5.75 Å². The van der Waals surface area contributed by atoms with E-state index in [0.29, 0.717) is 18.0 Å². The van der Waals surface area contributed by atoms with E-state index < -0.39 is 0 Å². The Labute approximate surface area is 188 Å². The lowest BCUT2D eigenvalue weighted by Crippen LogP contribution is -2.49. The van der Waals surface area contributed by atoms with Gasteiger partial charge in [-0.05, 0) is 69.8 Å². The number of methoxy groups -OCH3 is 1. The largest absolute Gasteiger partial charge is 0.497 e. The number of nitrogens with one attached hydrogen (secondary N) is 2. The van der Waals surface area contributed by atoms with Crippen LogP contribution in [0.5, 0.6) is 5.75 Å². The van der Waals surface area contributed by atoms with Gasteiger partial charge in [0.2, 0.25) is 0 Å². The quantitative estimate of drug-likeness (QED) is 0.379. The van der Waals surface area contributed by atoms with Gasteiger partial charge in [0.1, 0.15) is 5.75 Å². The molecule has 0 radical (unpaired) electrons. The Morgan fingerprint density at radius 3 is 2.58 bits per heavy atom. The summed E-state index contributed by atoms with van der Waals surface area (Å²) in [5.74, 6) is 2.39. The molecule has 2 heterocycles. The highest BCUT2D eigenvalue weighted by Crippen LogP contribution is 2.35. The first-order valence-corrected chi connectivity index (χ1v) is 11.9. The molecule has 2 aliphatic rings. The molecule has 1 aromatic carbocycles. The summed E-state index contributed by atoms with van der Waals surface area (Å²) in [4.78, 5) is 10.00. The summed E-state index contributed by atoms with van der Waals surface area (Å²) >= 11 is 0. The third kappa shape index (κ3) is 6.71. The predicted molar refractivity (Wildman–Crippen MR) is 130 cm³/mol. The van der Waals surface area contributed by atoms with Crippen LogP contribution in [0.4, 0.5) is 0 Å². The molecule has 0 aliphatic carbocycles. The fraction of sp³-hybridized carbons (Fsp3) is 0.640. The molecule has 0 saturated carbocycles. The Morgan fingerprint density at radius 2 is 1.94 bits per heavy atom. The third-order valence-electron chi connectivity index (χ3n) is 6.61. The second-order valence-electron chi connectivity index (χ2n) is 8.83. The maximum Gasteiger partial charge on any atom is 0.191 e. The summed E-state index contributed by atoms with van der Waals surface area (Å²) in [6, 6.07) is 9.45. The lowest BCUT2D eigenvalue weighted by molar-refractivity contribution is 0.125. The number of aliphatic imine (C=N–C) groups is 1. The topological polar surface area (TPSA) is 52.1 Å². The zero-order chi connectivity index (χ0) is 22.1. The number of benzene rings is 1. The van der Waals surface area contributed by atoms with E-state index in [1.165, 1.54) is 18.4 Å². The third-order valence-corrected chi connectivity index (χ3v) is 6.61. The molecular formula is C25H41N5O. The van der Waals surface area contributed by atoms with Crippen molar-refractivity contribution in [1.29, 1.82) is 0 Å². The van der Waals surface area contributed by atoms with E-state index in [-0.39, 0.29) is 0 Å². The molecule has 0 spiro atoms. The summed E-state index contributed by atoms with van der Waals surface area (Å²) in [7, 11) is 3.96. The second kappa shape index (κ2) is 12.1. The number of hydrogen-bond acceptors (Lipinski definition) is 4. The van der Waals surface area contributed by atoms with Gasteiger partial charge in [-0.25, -0.2) is 0 Å². The van der Waals surface area contributed by atoms with Gasteiger partial charge in [0.15, 0.2) is 5.96 Å². The van der Waals surface area contributed by atoms with Crippen molar-refractivity contribution in [2.75, 3.05) is 53.4 Å². The molecule has 0 aromatic heterocycles. The second-order valence-corrected chi connectivity index (χ2v) is 8.83. The van der Waals surface area contributed by atoms with Crippen molar-refractivity contribution in [3.05, 3.63) is 42.5 Å². The SMILES string of the molecule is C=CCN1CCC(NC(=NCC2CCCN(C)C2c2ccc(OC)cc2)NCC)CC1. The number of piperidine rings is 2. The first kappa shape index (κ1) is 23.6. The Kier molecular flexibility index (Phi) is 9.22. The molecule has 172 valence electrons.